The maximum atomic E-state index is 8.65. The minimum atomic E-state index is -0.0862. The monoisotopic (exact) mass is 257 g/mol. The highest BCUT2D eigenvalue weighted by Crippen LogP contribution is 2.20. The fourth-order valence-corrected chi connectivity index (χ4v) is 2.60. The lowest BCUT2D eigenvalue weighted by Gasteiger charge is -2.17. The maximum Gasteiger partial charge on any atom is 0.104 e. The fraction of sp³-hybridized carbons (Fsp3) is 0.200. The van der Waals surface area contributed by atoms with Gasteiger partial charge in [-0.3, -0.25) is 0 Å². The van der Waals surface area contributed by atoms with Crippen LogP contribution in [-0.2, 0) is 6.54 Å². The van der Waals surface area contributed by atoms with Gasteiger partial charge in [0.1, 0.15) is 6.61 Å². The Bertz CT molecular complexity index is 551. The number of anilines is 1. The lowest BCUT2D eigenvalue weighted by Crippen LogP contribution is -2.15. The number of aliphatic hydroxyl groups is 1. The average Bonchev–Trinajstić information content (AvgIpc) is 2.85. The summed E-state index contributed by atoms with van der Waals surface area (Å²) in [6.07, 6.45) is 0. The Hall–Kier alpha value is -1.76. The van der Waals surface area contributed by atoms with Crippen molar-refractivity contribution in [3.63, 3.8) is 0 Å². The van der Waals surface area contributed by atoms with Crippen molar-refractivity contribution < 1.29 is 5.11 Å². The molecule has 0 fully saturated rings. The largest absolute Gasteiger partial charge is 0.384 e. The van der Waals surface area contributed by atoms with Gasteiger partial charge in [-0.15, -0.1) is 11.3 Å². The molecular weight excluding hydrogens is 242 g/mol. The first-order valence-electron chi connectivity index (χ1n) is 5.74. The van der Waals surface area contributed by atoms with Gasteiger partial charge in [0.25, 0.3) is 0 Å². The van der Waals surface area contributed by atoms with E-state index in [0.717, 1.165) is 11.4 Å². The molecule has 2 nitrogen and oxygen atoms in total. The maximum absolute atomic E-state index is 8.65. The Morgan fingerprint density at radius 3 is 2.67 bits per heavy atom. The van der Waals surface area contributed by atoms with Crippen LogP contribution in [0.15, 0.2) is 42.5 Å². The van der Waals surface area contributed by atoms with E-state index in [2.05, 4.69) is 42.0 Å². The third-order valence-corrected chi connectivity index (χ3v) is 3.53. The first-order valence-corrected chi connectivity index (χ1v) is 6.56. The van der Waals surface area contributed by atoms with E-state index in [9.17, 15) is 0 Å². The molecule has 0 aliphatic carbocycles. The molecule has 1 aromatic carbocycles. The molecule has 0 saturated carbocycles. The second kappa shape index (κ2) is 6.25. The van der Waals surface area contributed by atoms with Crippen molar-refractivity contribution in [3.05, 3.63) is 52.2 Å². The molecule has 2 aromatic rings. The van der Waals surface area contributed by atoms with Crippen molar-refractivity contribution in [1.29, 1.82) is 0 Å². The molecule has 1 aromatic heterocycles. The van der Waals surface area contributed by atoms with Gasteiger partial charge in [-0.1, -0.05) is 30.0 Å². The zero-order chi connectivity index (χ0) is 12.8. The van der Waals surface area contributed by atoms with E-state index in [1.165, 1.54) is 10.6 Å². The number of rotatable bonds is 3. The summed E-state index contributed by atoms with van der Waals surface area (Å²) in [4.78, 5) is 4.47. The number of hydrogen-bond donors (Lipinski definition) is 1. The Balaban J connectivity index is 2.03. The van der Waals surface area contributed by atoms with Gasteiger partial charge in [0.2, 0.25) is 0 Å². The van der Waals surface area contributed by atoms with Gasteiger partial charge in [-0.25, -0.2) is 0 Å². The first-order chi connectivity index (χ1) is 8.79. The van der Waals surface area contributed by atoms with E-state index in [4.69, 9.17) is 5.11 Å². The van der Waals surface area contributed by atoms with Gasteiger partial charge in [0.15, 0.2) is 0 Å². The lowest BCUT2D eigenvalue weighted by atomic mass is 10.3. The van der Waals surface area contributed by atoms with Crippen molar-refractivity contribution >= 4 is 17.0 Å². The highest BCUT2D eigenvalue weighted by atomic mass is 32.1. The van der Waals surface area contributed by atoms with Crippen LogP contribution in [0.3, 0.4) is 0 Å². The SMILES string of the molecule is CN(Cc1ccc(C#CCO)s1)c1ccccc1. The molecule has 0 atom stereocenters. The van der Waals surface area contributed by atoms with Gasteiger partial charge in [-0.2, -0.15) is 0 Å². The zero-order valence-corrected chi connectivity index (χ0v) is 11.1. The number of nitrogens with zero attached hydrogens (tertiary/aromatic N) is 1. The van der Waals surface area contributed by atoms with E-state index >= 15 is 0 Å². The zero-order valence-electron chi connectivity index (χ0n) is 10.3. The highest BCUT2D eigenvalue weighted by Gasteiger charge is 2.03. The third kappa shape index (κ3) is 3.36. The van der Waals surface area contributed by atoms with Crippen LogP contribution >= 0.6 is 11.3 Å². The number of benzene rings is 1. The molecule has 2 rings (SSSR count). The lowest BCUT2D eigenvalue weighted by molar-refractivity contribution is 0.350. The van der Waals surface area contributed by atoms with E-state index in [1.807, 2.05) is 24.3 Å². The summed E-state index contributed by atoms with van der Waals surface area (Å²) in [5.41, 5.74) is 1.20. The predicted octanol–water partition coefficient (Wildman–Crippen LogP) is 2.73. The van der Waals surface area contributed by atoms with Gasteiger partial charge >= 0.3 is 0 Å². The summed E-state index contributed by atoms with van der Waals surface area (Å²) in [7, 11) is 2.08. The Labute approximate surface area is 112 Å². The highest BCUT2D eigenvalue weighted by molar-refractivity contribution is 7.12. The third-order valence-electron chi connectivity index (χ3n) is 2.54. The minimum absolute atomic E-state index is 0.0862. The summed E-state index contributed by atoms with van der Waals surface area (Å²) in [5.74, 6) is 5.59. The summed E-state index contributed by atoms with van der Waals surface area (Å²) in [6, 6.07) is 14.4. The molecular formula is C15H15NOS. The number of para-hydroxylation sites is 1. The molecule has 0 spiro atoms. The molecule has 1 heterocycles. The van der Waals surface area contributed by atoms with E-state index in [-0.39, 0.29) is 6.61 Å². The Kier molecular flexibility index (Phi) is 4.40. The van der Waals surface area contributed by atoms with Crippen LogP contribution in [0.4, 0.5) is 5.69 Å². The van der Waals surface area contributed by atoms with Crippen molar-refractivity contribution in [3.8, 4) is 11.8 Å². The standard InChI is InChI=1S/C15H15NOS/c1-16(13-6-3-2-4-7-13)12-15-10-9-14(18-15)8-5-11-17/h2-4,6-7,9-10,17H,11-12H2,1H3. The molecule has 0 aliphatic heterocycles. The number of thiophene rings is 1. The fourth-order valence-electron chi connectivity index (χ4n) is 1.66. The molecule has 0 amide bonds. The van der Waals surface area contributed by atoms with Gasteiger partial charge in [0, 0.05) is 17.6 Å². The molecule has 0 unspecified atom stereocenters. The van der Waals surface area contributed by atoms with Crippen LogP contribution in [0.5, 0.6) is 0 Å². The molecule has 92 valence electrons. The van der Waals surface area contributed by atoms with E-state index in [0.29, 0.717) is 0 Å². The van der Waals surface area contributed by atoms with Crippen LogP contribution in [0.25, 0.3) is 0 Å². The van der Waals surface area contributed by atoms with E-state index in [1.54, 1.807) is 11.3 Å². The molecule has 0 radical (unpaired) electrons. The first kappa shape index (κ1) is 12.7. The molecule has 0 bridgehead atoms. The van der Waals surface area contributed by atoms with Crippen LogP contribution < -0.4 is 4.90 Å². The van der Waals surface area contributed by atoms with Gasteiger partial charge in [0.05, 0.1) is 11.4 Å². The quantitative estimate of drug-likeness (QED) is 0.855. The van der Waals surface area contributed by atoms with Crippen molar-refractivity contribution in [2.24, 2.45) is 0 Å². The summed E-state index contributed by atoms with van der Waals surface area (Å²) in [5, 5.41) is 8.65. The van der Waals surface area contributed by atoms with Crippen molar-refractivity contribution in [2.45, 2.75) is 6.54 Å². The normalized spacial score (nSPS) is 9.67. The molecule has 18 heavy (non-hydrogen) atoms. The van der Waals surface area contributed by atoms with Crippen LogP contribution in [-0.4, -0.2) is 18.8 Å². The summed E-state index contributed by atoms with van der Waals surface area (Å²) >= 11 is 1.67. The second-order valence-corrected chi connectivity index (χ2v) is 5.09. The number of aliphatic hydroxyl groups excluding tert-OH is 1. The smallest absolute Gasteiger partial charge is 0.104 e. The van der Waals surface area contributed by atoms with E-state index < -0.39 is 0 Å². The second-order valence-electron chi connectivity index (χ2n) is 3.92. The summed E-state index contributed by atoms with van der Waals surface area (Å²) in [6.45, 7) is 0.784. The van der Waals surface area contributed by atoms with Gasteiger partial charge in [-0.05, 0) is 24.3 Å². The van der Waals surface area contributed by atoms with Crippen LogP contribution in [0.2, 0.25) is 0 Å². The topological polar surface area (TPSA) is 23.5 Å². The molecule has 3 heteroatoms. The molecule has 0 saturated heterocycles. The Morgan fingerprint density at radius 1 is 1.17 bits per heavy atom. The van der Waals surface area contributed by atoms with Crippen LogP contribution in [0.1, 0.15) is 9.75 Å². The predicted molar refractivity (Wildman–Crippen MR) is 76.8 cm³/mol. The molecule has 1 N–H and O–H groups in total. The molecule has 0 aliphatic rings. The van der Waals surface area contributed by atoms with Gasteiger partial charge < -0.3 is 10.0 Å². The number of hydrogen-bond acceptors (Lipinski definition) is 3. The van der Waals surface area contributed by atoms with Crippen LogP contribution in [0, 0.1) is 11.8 Å². The average molecular weight is 257 g/mol. The van der Waals surface area contributed by atoms with Crippen molar-refractivity contribution in [2.75, 3.05) is 18.6 Å². The van der Waals surface area contributed by atoms with Crippen molar-refractivity contribution in [1.82, 2.24) is 0 Å². The summed E-state index contributed by atoms with van der Waals surface area (Å²) < 4.78 is 0. The minimum Gasteiger partial charge on any atom is -0.384 e. The Morgan fingerprint density at radius 2 is 1.94 bits per heavy atom.